The summed E-state index contributed by atoms with van der Waals surface area (Å²) in [6, 6.07) is 2.67. The standard InChI is InChI=1S/C10H10F3NO3/c11-5-1-2-6(7(15)3-5)10(17)14-4-8(16)9(12)13/h1-3,8-9,15-16H,4H2,(H,14,17). The Balaban J connectivity index is 2.64. The van der Waals surface area contributed by atoms with Crippen LogP contribution in [-0.2, 0) is 0 Å². The zero-order valence-electron chi connectivity index (χ0n) is 8.53. The van der Waals surface area contributed by atoms with Crippen molar-refractivity contribution < 1.29 is 28.2 Å². The summed E-state index contributed by atoms with van der Waals surface area (Å²) in [4.78, 5) is 11.4. The van der Waals surface area contributed by atoms with Crippen molar-refractivity contribution in [1.82, 2.24) is 5.32 Å². The molecule has 1 rings (SSSR count). The second-order valence-corrected chi connectivity index (χ2v) is 3.27. The molecule has 1 aromatic rings. The second-order valence-electron chi connectivity index (χ2n) is 3.27. The normalized spacial score (nSPS) is 12.5. The van der Waals surface area contributed by atoms with E-state index in [1.807, 2.05) is 5.32 Å². The minimum Gasteiger partial charge on any atom is -0.507 e. The van der Waals surface area contributed by atoms with Crippen LogP contribution in [0.25, 0.3) is 0 Å². The molecular formula is C10H10F3NO3. The Bertz CT molecular complexity index is 412. The first-order valence-corrected chi connectivity index (χ1v) is 4.64. The maximum Gasteiger partial charge on any atom is 0.265 e. The van der Waals surface area contributed by atoms with Gasteiger partial charge >= 0.3 is 0 Å². The first-order valence-electron chi connectivity index (χ1n) is 4.64. The molecule has 0 saturated carbocycles. The van der Waals surface area contributed by atoms with Crippen LogP contribution in [0.5, 0.6) is 5.75 Å². The second kappa shape index (κ2) is 5.53. The lowest BCUT2D eigenvalue weighted by atomic mass is 10.2. The van der Waals surface area contributed by atoms with Gasteiger partial charge in [-0.15, -0.1) is 0 Å². The molecule has 1 atom stereocenters. The Morgan fingerprint density at radius 3 is 2.59 bits per heavy atom. The van der Waals surface area contributed by atoms with Gasteiger partial charge in [0.2, 0.25) is 0 Å². The summed E-state index contributed by atoms with van der Waals surface area (Å²) < 4.78 is 36.4. The summed E-state index contributed by atoms with van der Waals surface area (Å²) >= 11 is 0. The maximum absolute atomic E-state index is 12.6. The highest BCUT2D eigenvalue weighted by Gasteiger charge is 2.19. The van der Waals surface area contributed by atoms with E-state index in [0.29, 0.717) is 0 Å². The van der Waals surface area contributed by atoms with Crippen molar-refractivity contribution in [3.8, 4) is 5.75 Å². The Morgan fingerprint density at radius 2 is 2.06 bits per heavy atom. The summed E-state index contributed by atoms with van der Waals surface area (Å²) in [5, 5.41) is 20.0. The molecule has 4 nitrogen and oxygen atoms in total. The average molecular weight is 249 g/mol. The van der Waals surface area contributed by atoms with Gasteiger partial charge in [-0.25, -0.2) is 13.2 Å². The number of alkyl halides is 2. The molecule has 0 aliphatic heterocycles. The monoisotopic (exact) mass is 249 g/mol. The molecule has 3 N–H and O–H groups in total. The van der Waals surface area contributed by atoms with Crippen LogP contribution in [0.15, 0.2) is 18.2 Å². The number of aromatic hydroxyl groups is 1. The molecule has 0 aliphatic carbocycles. The summed E-state index contributed by atoms with van der Waals surface area (Å²) in [6.45, 7) is -0.659. The van der Waals surface area contributed by atoms with Crippen molar-refractivity contribution in [1.29, 1.82) is 0 Å². The van der Waals surface area contributed by atoms with Crippen molar-refractivity contribution in [3.05, 3.63) is 29.6 Å². The highest BCUT2D eigenvalue weighted by atomic mass is 19.3. The Kier molecular flexibility index (Phi) is 4.33. The molecule has 0 bridgehead atoms. The number of carbonyl (C=O) groups excluding carboxylic acids is 1. The highest BCUT2D eigenvalue weighted by molar-refractivity contribution is 5.96. The van der Waals surface area contributed by atoms with E-state index in [1.54, 1.807) is 0 Å². The number of halogens is 3. The van der Waals surface area contributed by atoms with E-state index < -0.39 is 36.5 Å². The van der Waals surface area contributed by atoms with Gasteiger partial charge in [-0.05, 0) is 12.1 Å². The number of amides is 1. The molecule has 1 amide bonds. The van der Waals surface area contributed by atoms with Gasteiger partial charge in [0, 0.05) is 12.6 Å². The lowest BCUT2D eigenvalue weighted by Gasteiger charge is -2.11. The topological polar surface area (TPSA) is 69.6 Å². The minimum atomic E-state index is -2.97. The largest absolute Gasteiger partial charge is 0.507 e. The first-order chi connectivity index (χ1) is 7.91. The van der Waals surface area contributed by atoms with E-state index in [-0.39, 0.29) is 5.56 Å². The van der Waals surface area contributed by atoms with E-state index in [1.165, 1.54) is 0 Å². The number of carbonyl (C=O) groups is 1. The fraction of sp³-hybridized carbons (Fsp3) is 0.300. The fourth-order valence-corrected chi connectivity index (χ4v) is 1.08. The van der Waals surface area contributed by atoms with E-state index in [4.69, 9.17) is 5.11 Å². The van der Waals surface area contributed by atoms with Gasteiger partial charge in [0.1, 0.15) is 17.7 Å². The predicted molar refractivity (Wildman–Crippen MR) is 52.4 cm³/mol. The third-order valence-corrected chi connectivity index (χ3v) is 1.97. The molecule has 0 saturated heterocycles. The van der Waals surface area contributed by atoms with Crippen molar-refractivity contribution in [3.63, 3.8) is 0 Å². The van der Waals surface area contributed by atoms with Gasteiger partial charge in [-0.3, -0.25) is 4.79 Å². The van der Waals surface area contributed by atoms with Crippen molar-refractivity contribution in [2.75, 3.05) is 6.54 Å². The van der Waals surface area contributed by atoms with Gasteiger partial charge in [-0.2, -0.15) is 0 Å². The number of aliphatic hydroxyl groups excluding tert-OH is 1. The third-order valence-electron chi connectivity index (χ3n) is 1.97. The molecular weight excluding hydrogens is 239 g/mol. The lowest BCUT2D eigenvalue weighted by Crippen LogP contribution is -2.35. The van der Waals surface area contributed by atoms with Crippen LogP contribution in [0.2, 0.25) is 0 Å². The van der Waals surface area contributed by atoms with E-state index in [2.05, 4.69) is 0 Å². The summed E-state index contributed by atoms with van der Waals surface area (Å²) in [6.07, 6.45) is -4.96. The lowest BCUT2D eigenvalue weighted by molar-refractivity contribution is -0.00271. The number of hydrogen-bond donors (Lipinski definition) is 3. The highest BCUT2D eigenvalue weighted by Crippen LogP contribution is 2.17. The molecule has 0 heterocycles. The number of rotatable bonds is 4. The molecule has 1 unspecified atom stereocenters. The Morgan fingerprint density at radius 1 is 1.41 bits per heavy atom. The van der Waals surface area contributed by atoms with Gasteiger partial charge in [-0.1, -0.05) is 0 Å². The first kappa shape index (κ1) is 13.3. The molecule has 1 aromatic carbocycles. The smallest absolute Gasteiger partial charge is 0.265 e. The molecule has 7 heteroatoms. The number of phenols is 1. The summed E-state index contributed by atoms with van der Waals surface area (Å²) in [5.41, 5.74) is -0.257. The number of hydrogen-bond acceptors (Lipinski definition) is 3. The van der Waals surface area contributed by atoms with Crippen LogP contribution >= 0.6 is 0 Å². The maximum atomic E-state index is 12.6. The van der Waals surface area contributed by atoms with Crippen LogP contribution in [0.3, 0.4) is 0 Å². The van der Waals surface area contributed by atoms with Crippen LogP contribution in [0.1, 0.15) is 10.4 Å². The van der Waals surface area contributed by atoms with E-state index >= 15 is 0 Å². The average Bonchev–Trinajstić information content (AvgIpc) is 2.25. The zero-order chi connectivity index (χ0) is 13.0. The quantitative estimate of drug-likeness (QED) is 0.742. The van der Waals surface area contributed by atoms with Gasteiger partial charge < -0.3 is 15.5 Å². The Labute approximate surface area is 94.7 Å². The number of nitrogens with one attached hydrogen (secondary N) is 1. The van der Waals surface area contributed by atoms with Gasteiger partial charge in [0.05, 0.1) is 5.56 Å². The zero-order valence-corrected chi connectivity index (χ0v) is 8.53. The third kappa shape index (κ3) is 3.63. The SMILES string of the molecule is O=C(NCC(O)C(F)F)c1ccc(F)cc1O. The molecule has 0 radical (unpaired) electrons. The molecule has 94 valence electrons. The van der Waals surface area contributed by atoms with Gasteiger partial charge in [0.15, 0.2) is 0 Å². The van der Waals surface area contributed by atoms with E-state index in [0.717, 1.165) is 18.2 Å². The van der Waals surface area contributed by atoms with Crippen molar-refractivity contribution >= 4 is 5.91 Å². The molecule has 0 aromatic heterocycles. The molecule has 17 heavy (non-hydrogen) atoms. The van der Waals surface area contributed by atoms with Crippen molar-refractivity contribution in [2.45, 2.75) is 12.5 Å². The van der Waals surface area contributed by atoms with Crippen LogP contribution in [0.4, 0.5) is 13.2 Å². The molecule has 0 spiro atoms. The van der Waals surface area contributed by atoms with Crippen LogP contribution in [-0.4, -0.2) is 35.2 Å². The van der Waals surface area contributed by atoms with Gasteiger partial charge in [0.25, 0.3) is 12.3 Å². The van der Waals surface area contributed by atoms with Crippen LogP contribution < -0.4 is 5.32 Å². The Hall–Kier alpha value is -1.76. The molecule has 0 aliphatic rings. The summed E-state index contributed by atoms with van der Waals surface area (Å²) in [7, 11) is 0. The predicted octanol–water partition coefficient (Wildman–Crippen LogP) is 0.887. The number of phenolic OH excluding ortho intramolecular Hbond substituents is 1. The van der Waals surface area contributed by atoms with Crippen molar-refractivity contribution in [2.24, 2.45) is 0 Å². The summed E-state index contributed by atoms with van der Waals surface area (Å²) in [5.74, 6) is -2.21. The van der Waals surface area contributed by atoms with Crippen LogP contribution in [0, 0.1) is 5.82 Å². The number of aliphatic hydroxyl groups is 1. The number of benzene rings is 1. The molecule has 0 fully saturated rings. The fourth-order valence-electron chi connectivity index (χ4n) is 1.08. The van der Waals surface area contributed by atoms with E-state index in [9.17, 15) is 23.1 Å². The minimum absolute atomic E-state index is 0.257.